The molecular weight excluding hydrogens is 434 g/mol. The molecule has 1 aliphatic carbocycles. The van der Waals surface area contributed by atoms with E-state index in [1.807, 2.05) is 11.8 Å². The molecule has 1 heterocycles. The van der Waals surface area contributed by atoms with Gasteiger partial charge in [-0.3, -0.25) is 14.4 Å². The van der Waals surface area contributed by atoms with Crippen molar-refractivity contribution < 1.29 is 23.9 Å². The average Bonchev–Trinajstić information content (AvgIpc) is 2.83. The highest BCUT2D eigenvalue weighted by molar-refractivity contribution is 5.99. The van der Waals surface area contributed by atoms with Gasteiger partial charge in [-0.15, -0.1) is 0 Å². The lowest BCUT2D eigenvalue weighted by atomic mass is 9.87. The predicted octanol–water partition coefficient (Wildman–Crippen LogP) is 3.56. The summed E-state index contributed by atoms with van der Waals surface area (Å²) in [4.78, 5) is 42.0. The van der Waals surface area contributed by atoms with Gasteiger partial charge in [-0.05, 0) is 38.0 Å². The zero-order chi connectivity index (χ0) is 24.8. The summed E-state index contributed by atoms with van der Waals surface area (Å²) in [6.07, 6.45) is 5.05. The molecule has 1 aromatic rings. The SMILES string of the molecule is CO[C@@H]1CN(C)C(=O)c2cc(NC(C)=O)ccc2OC[C@H](C)N(C(=O)C2CCCCC2)C[C@H]1C. The van der Waals surface area contributed by atoms with Gasteiger partial charge in [-0.1, -0.05) is 26.2 Å². The largest absolute Gasteiger partial charge is 0.491 e. The summed E-state index contributed by atoms with van der Waals surface area (Å²) in [6.45, 7) is 6.69. The molecule has 1 fully saturated rings. The second kappa shape index (κ2) is 11.7. The second-order valence-corrected chi connectivity index (χ2v) is 9.81. The smallest absolute Gasteiger partial charge is 0.257 e. The van der Waals surface area contributed by atoms with Crippen LogP contribution in [0.5, 0.6) is 5.75 Å². The van der Waals surface area contributed by atoms with Gasteiger partial charge in [-0.2, -0.15) is 0 Å². The van der Waals surface area contributed by atoms with Gasteiger partial charge < -0.3 is 24.6 Å². The molecule has 1 aromatic carbocycles. The molecule has 8 nitrogen and oxygen atoms in total. The fraction of sp³-hybridized carbons (Fsp3) is 0.654. The van der Waals surface area contributed by atoms with E-state index in [2.05, 4.69) is 12.2 Å². The average molecular weight is 474 g/mol. The molecule has 8 heteroatoms. The monoisotopic (exact) mass is 473 g/mol. The Bertz CT molecular complexity index is 883. The van der Waals surface area contributed by atoms with Crippen molar-refractivity contribution in [3.8, 4) is 5.75 Å². The number of nitrogens with zero attached hydrogens (tertiary/aromatic N) is 2. The van der Waals surface area contributed by atoms with Crippen LogP contribution in [0.25, 0.3) is 0 Å². The van der Waals surface area contributed by atoms with Crippen LogP contribution in [0.4, 0.5) is 5.69 Å². The number of carbonyl (C=O) groups excluding carboxylic acids is 3. The molecular formula is C26H39N3O5. The van der Waals surface area contributed by atoms with E-state index in [0.717, 1.165) is 25.7 Å². The summed E-state index contributed by atoms with van der Waals surface area (Å²) < 4.78 is 11.9. The number of hydrogen-bond donors (Lipinski definition) is 1. The minimum absolute atomic E-state index is 0.0276. The van der Waals surface area contributed by atoms with Crippen molar-refractivity contribution in [3.05, 3.63) is 23.8 Å². The van der Waals surface area contributed by atoms with E-state index in [4.69, 9.17) is 9.47 Å². The molecule has 0 spiro atoms. The molecule has 0 unspecified atom stereocenters. The van der Waals surface area contributed by atoms with E-state index < -0.39 is 0 Å². The highest BCUT2D eigenvalue weighted by Crippen LogP contribution is 2.29. The van der Waals surface area contributed by atoms with Crippen molar-refractivity contribution in [2.45, 2.75) is 65.0 Å². The van der Waals surface area contributed by atoms with Crippen molar-refractivity contribution >= 4 is 23.4 Å². The molecule has 188 valence electrons. The fourth-order valence-corrected chi connectivity index (χ4v) is 4.95. The van der Waals surface area contributed by atoms with Gasteiger partial charge in [-0.25, -0.2) is 0 Å². The van der Waals surface area contributed by atoms with E-state index >= 15 is 0 Å². The first-order chi connectivity index (χ1) is 16.2. The molecule has 3 atom stereocenters. The summed E-state index contributed by atoms with van der Waals surface area (Å²) >= 11 is 0. The third-order valence-corrected chi connectivity index (χ3v) is 7.00. The molecule has 0 radical (unpaired) electrons. The molecule has 3 rings (SSSR count). The number of nitrogens with one attached hydrogen (secondary N) is 1. The molecule has 34 heavy (non-hydrogen) atoms. The highest BCUT2D eigenvalue weighted by atomic mass is 16.5. The van der Waals surface area contributed by atoms with Gasteiger partial charge in [0.25, 0.3) is 5.91 Å². The van der Waals surface area contributed by atoms with Crippen LogP contribution in [-0.4, -0.2) is 73.5 Å². The Morgan fingerprint density at radius 3 is 2.47 bits per heavy atom. The Morgan fingerprint density at radius 1 is 1.12 bits per heavy atom. The number of fused-ring (bicyclic) bond motifs is 1. The molecule has 2 aliphatic rings. The minimum Gasteiger partial charge on any atom is -0.491 e. The standard InChI is InChI=1S/C26H39N3O5/c1-17-14-29(25(31)20-9-7-6-8-10-20)18(2)16-34-23-12-11-21(27-19(3)30)13-22(23)26(32)28(4)15-24(17)33-5/h11-13,17-18,20,24H,6-10,14-16H2,1-5H3,(H,27,30)/t17-,18+,24-/m1/s1. The van der Waals surface area contributed by atoms with Crippen LogP contribution >= 0.6 is 0 Å². The van der Waals surface area contributed by atoms with Crippen LogP contribution in [0.15, 0.2) is 18.2 Å². The third-order valence-electron chi connectivity index (χ3n) is 7.00. The Hall–Kier alpha value is -2.61. The Morgan fingerprint density at radius 2 is 1.82 bits per heavy atom. The number of anilines is 1. The normalized spacial score (nSPS) is 25.0. The van der Waals surface area contributed by atoms with Gasteiger partial charge in [0.05, 0.1) is 17.7 Å². The maximum atomic E-state index is 13.6. The van der Waals surface area contributed by atoms with Gasteiger partial charge in [0.2, 0.25) is 11.8 Å². The first-order valence-corrected chi connectivity index (χ1v) is 12.3. The van der Waals surface area contributed by atoms with E-state index in [9.17, 15) is 14.4 Å². The number of amides is 3. The van der Waals surface area contributed by atoms with Crippen molar-refractivity contribution in [2.75, 3.05) is 39.2 Å². The summed E-state index contributed by atoms with van der Waals surface area (Å²) in [5.74, 6) is 0.299. The Kier molecular flexibility index (Phi) is 8.94. The Balaban J connectivity index is 1.94. The lowest BCUT2D eigenvalue weighted by Crippen LogP contribution is -2.50. The summed E-state index contributed by atoms with van der Waals surface area (Å²) in [5.41, 5.74) is 0.900. The fourth-order valence-electron chi connectivity index (χ4n) is 4.95. The van der Waals surface area contributed by atoms with E-state index in [1.54, 1.807) is 37.3 Å². The minimum atomic E-state index is -0.231. The first kappa shape index (κ1) is 26.0. The number of rotatable bonds is 3. The second-order valence-electron chi connectivity index (χ2n) is 9.81. The number of benzene rings is 1. The number of ether oxygens (including phenoxy) is 2. The van der Waals surface area contributed by atoms with Crippen LogP contribution < -0.4 is 10.1 Å². The van der Waals surface area contributed by atoms with E-state index in [1.165, 1.54) is 13.3 Å². The number of carbonyl (C=O) groups is 3. The molecule has 0 bridgehead atoms. The van der Waals surface area contributed by atoms with Crippen LogP contribution in [-0.2, 0) is 14.3 Å². The number of hydrogen-bond acceptors (Lipinski definition) is 5. The first-order valence-electron chi connectivity index (χ1n) is 12.3. The number of likely N-dealkylation sites (N-methyl/N-ethyl adjacent to an activating group) is 1. The lowest BCUT2D eigenvalue weighted by molar-refractivity contribution is -0.141. The zero-order valence-electron chi connectivity index (χ0n) is 21.1. The van der Waals surface area contributed by atoms with Gasteiger partial charge in [0.1, 0.15) is 12.4 Å². The van der Waals surface area contributed by atoms with Crippen LogP contribution in [0.3, 0.4) is 0 Å². The van der Waals surface area contributed by atoms with E-state index in [-0.39, 0.29) is 48.3 Å². The molecule has 1 N–H and O–H groups in total. The van der Waals surface area contributed by atoms with Gasteiger partial charge in [0.15, 0.2) is 0 Å². The maximum Gasteiger partial charge on any atom is 0.257 e. The summed E-state index contributed by atoms with van der Waals surface area (Å²) in [7, 11) is 3.38. The molecule has 1 saturated carbocycles. The maximum absolute atomic E-state index is 13.6. The van der Waals surface area contributed by atoms with Crippen LogP contribution in [0.2, 0.25) is 0 Å². The van der Waals surface area contributed by atoms with Crippen molar-refractivity contribution in [2.24, 2.45) is 11.8 Å². The van der Waals surface area contributed by atoms with Crippen molar-refractivity contribution in [1.29, 1.82) is 0 Å². The van der Waals surface area contributed by atoms with Crippen molar-refractivity contribution in [1.82, 2.24) is 9.80 Å². The molecule has 3 amide bonds. The predicted molar refractivity (Wildman–Crippen MR) is 131 cm³/mol. The molecule has 0 aromatic heterocycles. The summed E-state index contributed by atoms with van der Waals surface area (Å²) in [6, 6.07) is 4.90. The quantitative estimate of drug-likeness (QED) is 0.725. The molecule has 1 aliphatic heterocycles. The van der Waals surface area contributed by atoms with Crippen LogP contribution in [0.1, 0.15) is 63.2 Å². The molecule has 0 saturated heterocycles. The number of methoxy groups -OCH3 is 1. The van der Waals surface area contributed by atoms with Gasteiger partial charge in [0, 0.05) is 51.7 Å². The van der Waals surface area contributed by atoms with Crippen LogP contribution in [0, 0.1) is 11.8 Å². The third kappa shape index (κ3) is 6.29. The summed E-state index contributed by atoms with van der Waals surface area (Å²) in [5, 5.41) is 2.73. The highest BCUT2D eigenvalue weighted by Gasteiger charge is 2.33. The topological polar surface area (TPSA) is 88.2 Å². The zero-order valence-corrected chi connectivity index (χ0v) is 21.1. The van der Waals surface area contributed by atoms with Crippen molar-refractivity contribution in [3.63, 3.8) is 0 Å². The van der Waals surface area contributed by atoms with E-state index in [0.29, 0.717) is 30.1 Å². The lowest BCUT2D eigenvalue weighted by Gasteiger charge is -2.38. The Labute approximate surface area is 202 Å². The van der Waals surface area contributed by atoms with Gasteiger partial charge >= 0.3 is 0 Å².